The van der Waals surface area contributed by atoms with Crippen LogP contribution in [0.3, 0.4) is 0 Å². The van der Waals surface area contributed by atoms with Crippen molar-refractivity contribution in [2.45, 2.75) is 25.3 Å². The first-order valence-corrected chi connectivity index (χ1v) is 5.78. The second-order valence-electron chi connectivity index (χ2n) is 4.74. The topological polar surface area (TPSA) is 64.3 Å². The molecule has 1 unspecified atom stereocenters. The summed E-state index contributed by atoms with van der Waals surface area (Å²) in [4.78, 5) is 12.0. The molecule has 1 aromatic rings. The van der Waals surface area contributed by atoms with Crippen molar-refractivity contribution >= 4 is 11.6 Å². The minimum absolute atomic E-state index is 0.120. The van der Waals surface area contributed by atoms with Gasteiger partial charge in [0.15, 0.2) is 0 Å². The molecule has 1 fully saturated rings. The van der Waals surface area contributed by atoms with Crippen molar-refractivity contribution in [2.24, 2.45) is 11.7 Å². The molecule has 0 heterocycles. The Bertz CT molecular complexity index is 408. The largest absolute Gasteiger partial charge is 0.497 e. The van der Waals surface area contributed by atoms with Gasteiger partial charge in [-0.3, -0.25) is 4.79 Å². The molecule has 17 heavy (non-hydrogen) atoms. The van der Waals surface area contributed by atoms with Crippen LogP contribution in [-0.4, -0.2) is 18.6 Å². The molecule has 92 valence electrons. The minimum atomic E-state index is -0.764. The minimum Gasteiger partial charge on any atom is -0.497 e. The van der Waals surface area contributed by atoms with Gasteiger partial charge in [-0.1, -0.05) is 0 Å². The molecule has 2 rings (SSSR count). The standard InChI is InChI=1S/C13H18N2O2/c1-13(14,9-3-4-9)12(16)15-10-5-7-11(17-2)8-6-10/h5-9H,3-4,14H2,1-2H3,(H,15,16). The zero-order valence-electron chi connectivity index (χ0n) is 10.2. The first-order chi connectivity index (χ1) is 8.04. The van der Waals surface area contributed by atoms with Crippen LogP contribution in [0.25, 0.3) is 0 Å². The normalized spacial score (nSPS) is 18.3. The molecule has 0 bridgehead atoms. The quantitative estimate of drug-likeness (QED) is 0.834. The lowest BCUT2D eigenvalue weighted by Gasteiger charge is -2.23. The zero-order chi connectivity index (χ0) is 12.5. The number of nitrogens with two attached hydrogens (primary N) is 1. The van der Waals surface area contributed by atoms with Crippen LogP contribution in [0.1, 0.15) is 19.8 Å². The van der Waals surface area contributed by atoms with Crippen molar-refractivity contribution in [3.05, 3.63) is 24.3 Å². The summed E-state index contributed by atoms with van der Waals surface area (Å²) in [6.07, 6.45) is 2.09. The SMILES string of the molecule is COc1ccc(NC(=O)C(C)(N)C2CC2)cc1. The number of carbonyl (C=O) groups is 1. The van der Waals surface area contributed by atoms with Crippen LogP contribution in [0.2, 0.25) is 0 Å². The Morgan fingerprint density at radius 2 is 2.00 bits per heavy atom. The van der Waals surface area contributed by atoms with Crippen molar-refractivity contribution in [2.75, 3.05) is 12.4 Å². The van der Waals surface area contributed by atoms with Gasteiger partial charge in [-0.25, -0.2) is 0 Å². The Labute approximate surface area is 101 Å². The van der Waals surface area contributed by atoms with Crippen molar-refractivity contribution in [3.63, 3.8) is 0 Å². The zero-order valence-corrected chi connectivity index (χ0v) is 10.2. The summed E-state index contributed by atoms with van der Waals surface area (Å²) >= 11 is 0. The van der Waals surface area contributed by atoms with Gasteiger partial charge in [0.1, 0.15) is 5.75 Å². The smallest absolute Gasteiger partial charge is 0.244 e. The molecule has 0 radical (unpaired) electrons. The predicted molar refractivity (Wildman–Crippen MR) is 66.9 cm³/mol. The fourth-order valence-corrected chi connectivity index (χ4v) is 1.81. The Morgan fingerprint density at radius 1 is 1.41 bits per heavy atom. The summed E-state index contributed by atoms with van der Waals surface area (Å²) in [6.45, 7) is 1.80. The second-order valence-corrected chi connectivity index (χ2v) is 4.74. The monoisotopic (exact) mass is 234 g/mol. The van der Waals surface area contributed by atoms with E-state index in [9.17, 15) is 4.79 Å². The third-order valence-electron chi connectivity index (χ3n) is 3.26. The number of hydrogen-bond acceptors (Lipinski definition) is 3. The number of carbonyl (C=O) groups excluding carboxylic acids is 1. The van der Waals surface area contributed by atoms with Crippen molar-refractivity contribution < 1.29 is 9.53 Å². The maximum absolute atomic E-state index is 12.0. The van der Waals surface area contributed by atoms with Crippen LogP contribution in [0.15, 0.2) is 24.3 Å². The van der Waals surface area contributed by atoms with Crippen molar-refractivity contribution in [1.82, 2.24) is 0 Å². The Balaban J connectivity index is 2.02. The average Bonchev–Trinajstić information content (AvgIpc) is 3.14. The van der Waals surface area contributed by atoms with Gasteiger partial charge in [0, 0.05) is 5.69 Å². The fourth-order valence-electron chi connectivity index (χ4n) is 1.81. The summed E-state index contributed by atoms with van der Waals surface area (Å²) < 4.78 is 5.05. The molecule has 0 aromatic heterocycles. The van der Waals surface area contributed by atoms with Crippen molar-refractivity contribution in [1.29, 1.82) is 0 Å². The van der Waals surface area contributed by atoms with E-state index < -0.39 is 5.54 Å². The van der Waals surface area contributed by atoms with E-state index in [-0.39, 0.29) is 5.91 Å². The number of rotatable bonds is 4. The molecule has 3 N–H and O–H groups in total. The van der Waals surface area contributed by atoms with Gasteiger partial charge in [-0.05, 0) is 49.9 Å². The van der Waals surface area contributed by atoms with E-state index in [2.05, 4.69) is 5.32 Å². The van der Waals surface area contributed by atoms with Gasteiger partial charge >= 0.3 is 0 Å². The summed E-state index contributed by atoms with van der Waals surface area (Å²) in [7, 11) is 1.61. The molecule has 1 atom stereocenters. The second kappa shape index (κ2) is 4.37. The third-order valence-corrected chi connectivity index (χ3v) is 3.26. The van der Waals surface area contributed by atoms with Gasteiger partial charge in [-0.15, -0.1) is 0 Å². The third kappa shape index (κ3) is 2.58. The highest BCUT2D eigenvalue weighted by Crippen LogP contribution is 2.38. The molecular weight excluding hydrogens is 216 g/mol. The predicted octanol–water partition coefficient (Wildman–Crippen LogP) is 1.76. The highest BCUT2D eigenvalue weighted by Gasteiger charge is 2.44. The van der Waals surface area contributed by atoms with Crippen LogP contribution in [0, 0.1) is 5.92 Å². The van der Waals surface area contributed by atoms with Crippen LogP contribution in [-0.2, 0) is 4.79 Å². The summed E-state index contributed by atoms with van der Waals surface area (Å²) in [5.74, 6) is 0.964. The van der Waals surface area contributed by atoms with Crippen LogP contribution >= 0.6 is 0 Å². The Kier molecular flexibility index (Phi) is 3.07. The molecular formula is C13H18N2O2. The van der Waals surface area contributed by atoms with Gasteiger partial charge < -0.3 is 15.8 Å². The van der Waals surface area contributed by atoms with Gasteiger partial charge in [0.2, 0.25) is 5.91 Å². The molecule has 0 aliphatic heterocycles. The highest BCUT2D eigenvalue weighted by atomic mass is 16.5. The lowest BCUT2D eigenvalue weighted by molar-refractivity contribution is -0.121. The number of nitrogens with one attached hydrogen (secondary N) is 1. The van der Waals surface area contributed by atoms with Crippen LogP contribution in [0.5, 0.6) is 5.75 Å². The van der Waals surface area contributed by atoms with E-state index in [0.29, 0.717) is 5.92 Å². The highest BCUT2D eigenvalue weighted by molar-refractivity contribution is 5.98. The van der Waals surface area contributed by atoms with Crippen molar-refractivity contribution in [3.8, 4) is 5.75 Å². The maximum Gasteiger partial charge on any atom is 0.244 e. The first kappa shape index (κ1) is 11.9. The van der Waals surface area contributed by atoms with Gasteiger partial charge in [0.05, 0.1) is 12.6 Å². The van der Waals surface area contributed by atoms with E-state index in [1.165, 1.54) is 0 Å². The fraction of sp³-hybridized carbons (Fsp3) is 0.462. The number of ether oxygens (including phenoxy) is 1. The number of anilines is 1. The lowest BCUT2D eigenvalue weighted by atomic mass is 9.96. The van der Waals surface area contributed by atoms with Crippen LogP contribution in [0.4, 0.5) is 5.69 Å². The molecule has 1 aromatic carbocycles. The average molecular weight is 234 g/mol. The lowest BCUT2D eigenvalue weighted by Crippen LogP contribution is -2.50. The summed E-state index contributed by atoms with van der Waals surface area (Å²) in [5, 5.41) is 2.84. The maximum atomic E-state index is 12.0. The van der Waals surface area contributed by atoms with E-state index in [1.807, 2.05) is 0 Å². The first-order valence-electron chi connectivity index (χ1n) is 5.78. The van der Waals surface area contributed by atoms with E-state index in [0.717, 1.165) is 24.3 Å². The molecule has 0 saturated heterocycles. The summed E-state index contributed by atoms with van der Waals surface area (Å²) in [6, 6.07) is 7.22. The molecule has 4 nitrogen and oxygen atoms in total. The number of amides is 1. The van der Waals surface area contributed by atoms with Crippen LogP contribution < -0.4 is 15.8 Å². The van der Waals surface area contributed by atoms with Gasteiger partial charge in [0.25, 0.3) is 0 Å². The Hall–Kier alpha value is -1.55. The molecule has 0 spiro atoms. The number of methoxy groups -OCH3 is 1. The molecule has 1 saturated carbocycles. The van der Waals surface area contributed by atoms with E-state index >= 15 is 0 Å². The van der Waals surface area contributed by atoms with Gasteiger partial charge in [-0.2, -0.15) is 0 Å². The Morgan fingerprint density at radius 3 is 2.47 bits per heavy atom. The molecule has 1 amide bonds. The molecule has 1 aliphatic carbocycles. The van der Waals surface area contributed by atoms with E-state index in [1.54, 1.807) is 38.3 Å². The number of benzene rings is 1. The number of hydrogen-bond donors (Lipinski definition) is 2. The molecule has 4 heteroatoms. The molecule has 1 aliphatic rings. The van der Waals surface area contributed by atoms with E-state index in [4.69, 9.17) is 10.5 Å². The summed E-state index contributed by atoms with van der Waals surface area (Å²) in [5.41, 5.74) is 6.01.